The van der Waals surface area contributed by atoms with Crippen LogP contribution in [0.2, 0.25) is 0 Å². The van der Waals surface area contributed by atoms with E-state index in [9.17, 15) is 9.59 Å². The highest BCUT2D eigenvalue weighted by atomic mass is 16.4. The molecule has 0 spiro atoms. The highest BCUT2D eigenvalue weighted by Crippen LogP contribution is 2.18. The molecule has 20 heavy (non-hydrogen) atoms. The quantitative estimate of drug-likeness (QED) is 0.739. The first-order chi connectivity index (χ1) is 9.35. The van der Waals surface area contributed by atoms with E-state index in [1.165, 1.54) is 6.07 Å². The van der Waals surface area contributed by atoms with Gasteiger partial charge in [0.15, 0.2) is 0 Å². The van der Waals surface area contributed by atoms with Crippen molar-refractivity contribution < 1.29 is 14.7 Å². The number of likely N-dealkylation sites (N-methyl/N-ethyl adjacent to an activating group) is 1. The third kappa shape index (κ3) is 4.22. The molecule has 1 atom stereocenters. The van der Waals surface area contributed by atoms with Crippen LogP contribution in [-0.4, -0.2) is 34.6 Å². The molecule has 1 unspecified atom stereocenters. The highest BCUT2D eigenvalue weighted by molar-refractivity contribution is 5.89. The summed E-state index contributed by atoms with van der Waals surface area (Å²) in [5, 5.41) is 14.7. The van der Waals surface area contributed by atoms with Gasteiger partial charge < -0.3 is 15.7 Å². The smallest absolute Gasteiger partial charge is 0.335 e. The molecule has 1 heterocycles. The maximum atomic E-state index is 11.7. The fourth-order valence-electron chi connectivity index (χ4n) is 1.66. The number of nitrogens with one attached hydrogen (secondary N) is 2. The van der Waals surface area contributed by atoms with Crippen molar-refractivity contribution >= 4 is 17.7 Å². The topological polar surface area (TPSA) is 91.3 Å². The van der Waals surface area contributed by atoms with E-state index in [2.05, 4.69) is 15.6 Å². The van der Waals surface area contributed by atoms with E-state index in [4.69, 9.17) is 5.11 Å². The third-order valence-electron chi connectivity index (χ3n) is 2.79. The summed E-state index contributed by atoms with van der Waals surface area (Å²) in [5.41, 5.74) is 0.838. The molecular formula is C14H21N3O3. The number of aromatic carboxylic acids is 1. The molecule has 3 N–H and O–H groups in total. The predicted molar refractivity (Wildman–Crippen MR) is 77.1 cm³/mol. The Hall–Kier alpha value is -2.11. The van der Waals surface area contributed by atoms with Gasteiger partial charge in [-0.1, -0.05) is 13.8 Å². The number of carboxylic acids is 1. The number of hydrogen-bond acceptors (Lipinski definition) is 4. The molecule has 1 aromatic heterocycles. The average Bonchev–Trinajstić information content (AvgIpc) is 2.38. The average molecular weight is 279 g/mol. The lowest BCUT2D eigenvalue weighted by molar-refractivity contribution is -0.121. The van der Waals surface area contributed by atoms with E-state index in [1.807, 2.05) is 20.8 Å². The number of rotatable bonds is 6. The van der Waals surface area contributed by atoms with Gasteiger partial charge >= 0.3 is 5.97 Å². The molecule has 1 amide bonds. The zero-order valence-electron chi connectivity index (χ0n) is 12.2. The van der Waals surface area contributed by atoms with Gasteiger partial charge in [0, 0.05) is 12.2 Å². The largest absolute Gasteiger partial charge is 0.478 e. The SMILES string of the molecule is CCNC(=O)C(C)Nc1cc(C(=O)O)cc(C(C)C)n1. The zero-order chi connectivity index (χ0) is 15.3. The van der Waals surface area contributed by atoms with Crippen LogP contribution in [0.5, 0.6) is 0 Å². The molecule has 0 aromatic carbocycles. The van der Waals surface area contributed by atoms with Crippen molar-refractivity contribution in [1.29, 1.82) is 0 Å². The molecule has 0 saturated heterocycles. The first-order valence-electron chi connectivity index (χ1n) is 6.64. The lowest BCUT2D eigenvalue weighted by Crippen LogP contribution is -2.37. The summed E-state index contributed by atoms with van der Waals surface area (Å²) in [6.07, 6.45) is 0. The fraction of sp³-hybridized carbons (Fsp3) is 0.500. The Kier molecular flexibility index (Phi) is 5.49. The van der Waals surface area contributed by atoms with Crippen LogP contribution in [0.1, 0.15) is 49.7 Å². The van der Waals surface area contributed by atoms with Gasteiger partial charge in [-0.05, 0) is 31.9 Å². The van der Waals surface area contributed by atoms with E-state index >= 15 is 0 Å². The Balaban J connectivity index is 2.99. The Morgan fingerprint density at radius 2 is 1.95 bits per heavy atom. The molecule has 1 aromatic rings. The lowest BCUT2D eigenvalue weighted by Gasteiger charge is -2.16. The van der Waals surface area contributed by atoms with E-state index < -0.39 is 12.0 Å². The number of pyridine rings is 1. The summed E-state index contributed by atoms with van der Waals surface area (Å²) >= 11 is 0. The Labute approximate surface area is 118 Å². The second kappa shape index (κ2) is 6.88. The molecule has 0 aliphatic carbocycles. The number of carboxylic acid groups (broad SMARTS) is 1. The van der Waals surface area contributed by atoms with E-state index in [1.54, 1.807) is 13.0 Å². The summed E-state index contributed by atoms with van der Waals surface area (Å²) in [6.45, 7) is 7.96. The molecule has 0 saturated carbocycles. The second-order valence-electron chi connectivity index (χ2n) is 4.89. The van der Waals surface area contributed by atoms with Crippen LogP contribution in [0.25, 0.3) is 0 Å². The number of aromatic nitrogens is 1. The fourth-order valence-corrected chi connectivity index (χ4v) is 1.66. The van der Waals surface area contributed by atoms with Crippen LogP contribution in [0.15, 0.2) is 12.1 Å². The maximum absolute atomic E-state index is 11.7. The standard InChI is InChI=1S/C14H21N3O3/c1-5-15-13(18)9(4)16-12-7-10(14(19)20)6-11(17-12)8(2)3/h6-9H,5H2,1-4H3,(H,15,18)(H,16,17)(H,19,20). The van der Waals surface area contributed by atoms with Crippen molar-refractivity contribution in [3.63, 3.8) is 0 Å². The minimum absolute atomic E-state index is 0.106. The van der Waals surface area contributed by atoms with Crippen molar-refractivity contribution in [3.8, 4) is 0 Å². The number of hydrogen-bond donors (Lipinski definition) is 3. The van der Waals surface area contributed by atoms with Crippen LogP contribution >= 0.6 is 0 Å². The number of anilines is 1. The summed E-state index contributed by atoms with van der Waals surface area (Å²) in [5.74, 6) is -0.661. The number of nitrogens with zero attached hydrogens (tertiary/aromatic N) is 1. The molecular weight excluding hydrogens is 258 g/mol. The number of carbonyl (C=O) groups excluding carboxylic acids is 1. The van der Waals surface area contributed by atoms with Gasteiger partial charge in [-0.15, -0.1) is 0 Å². The van der Waals surface area contributed by atoms with E-state index in [-0.39, 0.29) is 17.4 Å². The summed E-state index contributed by atoms with van der Waals surface area (Å²) in [7, 11) is 0. The second-order valence-corrected chi connectivity index (χ2v) is 4.89. The Bertz CT molecular complexity index is 500. The van der Waals surface area contributed by atoms with Gasteiger partial charge in [0.25, 0.3) is 0 Å². The minimum atomic E-state index is -1.01. The normalized spacial score (nSPS) is 12.1. The molecule has 0 radical (unpaired) electrons. The predicted octanol–water partition coefficient (Wildman–Crippen LogP) is 1.84. The summed E-state index contributed by atoms with van der Waals surface area (Å²) in [4.78, 5) is 27.1. The van der Waals surface area contributed by atoms with Crippen LogP contribution < -0.4 is 10.6 Å². The first-order valence-corrected chi connectivity index (χ1v) is 6.64. The number of amides is 1. The molecule has 0 bridgehead atoms. The van der Waals surface area contributed by atoms with Crippen LogP contribution in [0.3, 0.4) is 0 Å². The molecule has 6 heteroatoms. The first kappa shape index (κ1) is 15.9. The van der Waals surface area contributed by atoms with E-state index in [0.29, 0.717) is 18.1 Å². The van der Waals surface area contributed by atoms with Gasteiger partial charge in [-0.25, -0.2) is 9.78 Å². The third-order valence-corrected chi connectivity index (χ3v) is 2.79. The van der Waals surface area contributed by atoms with Crippen molar-refractivity contribution in [2.45, 2.75) is 39.7 Å². The molecule has 0 aliphatic heterocycles. The van der Waals surface area contributed by atoms with Crippen molar-refractivity contribution in [3.05, 3.63) is 23.4 Å². The van der Waals surface area contributed by atoms with Gasteiger partial charge in [0.1, 0.15) is 11.9 Å². The zero-order valence-corrected chi connectivity index (χ0v) is 12.2. The molecule has 110 valence electrons. The molecule has 6 nitrogen and oxygen atoms in total. The highest BCUT2D eigenvalue weighted by Gasteiger charge is 2.15. The Morgan fingerprint density at radius 1 is 1.30 bits per heavy atom. The monoisotopic (exact) mass is 279 g/mol. The van der Waals surface area contributed by atoms with Crippen molar-refractivity contribution in [2.75, 3.05) is 11.9 Å². The van der Waals surface area contributed by atoms with Gasteiger partial charge in [-0.3, -0.25) is 4.79 Å². The van der Waals surface area contributed by atoms with E-state index in [0.717, 1.165) is 0 Å². The van der Waals surface area contributed by atoms with Gasteiger partial charge in [0.2, 0.25) is 5.91 Å². The molecule has 0 aliphatic rings. The van der Waals surface area contributed by atoms with Crippen molar-refractivity contribution in [2.24, 2.45) is 0 Å². The summed E-state index contributed by atoms with van der Waals surface area (Å²) < 4.78 is 0. The van der Waals surface area contributed by atoms with Crippen LogP contribution in [0, 0.1) is 0 Å². The lowest BCUT2D eigenvalue weighted by atomic mass is 10.1. The van der Waals surface area contributed by atoms with Crippen LogP contribution in [0.4, 0.5) is 5.82 Å². The maximum Gasteiger partial charge on any atom is 0.335 e. The summed E-state index contributed by atoms with van der Waals surface area (Å²) in [6, 6.07) is 2.50. The molecule has 0 fully saturated rings. The number of carbonyl (C=O) groups is 2. The van der Waals surface area contributed by atoms with Gasteiger partial charge in [-0.2, -0.15) is 0 Å². The van der Waals surface area contributed by atoms with Gasteiger partial charge in [0.05, 0.1) is 5.56 Å². The minimum Gasteiger partial charge on any atom is -0.478 e. The Morgan fingerprint density at radius 3 is 2.45 bits per heavy atom. The van der Waals surface area contributed by atoms with Crippen molar-refractivity contribution in [1.82, 2.24) is 10.3 Å². The van der Waals surface area contributed by atoms with Crippen LogP contribution in [-0.2, 0) is 4.79 Å². The molecule has 1 rings (SSSR count).